The third-order valence-corrected chi connectivity index (χ3v) is 2.24. The van der Waals surface area contributed by atoms with Crippen LogP contribution in [-0.4, -0.2) is 11.7 Å². The molecule has 18 heavy (non-hydrogen) atoms. The monoisotopic (exact) mass is 266 g/mol. The quantitative estimate of drug-likeness (QED) is 0.894. The first-order valence-corrected chi connectivity index (χ1v) is 5.85. The lowest BCUT2D eigenvalue weighted by molar-refractivity contribution is 0.0523. The largest absolute Gasteiger partial charge is 0.444 e. The van der Waals surface area contributed by atoms with Gasteiger partial charge in [-0.3, -0.25) is 0 Å². The average Bonchev–Trinajstić information content (AvgIpc) is 2.24. The van der Waals surface area contributed by atoms with Gasteiger partial charge in [-0.1, -0.05) is 11.6 Å². The van der Waals surface area contributed by atoms with E-state index in [2.05, 4.69) is 5.32 Å². The molecular weight excluding hydrogens is 252 g/mol. The summed E-state index contributed by atoms with van der Waals surface area (Å²) in [6.45, 7) is 5.56. The molecule has 0 atom stereocenters. The van der Waals surface area contributed by atoms with Crippen LogP contribution in [0, 0.1) is 11.3 Å². The standard InChI is InChI=1S/C13H15ClN2O2/c1-13(2,3)18-12(17)16-8-10-6-11(14)5-4-9(10)7-15/h4-6H,8H2,1-3H3,(H,16,17). The number of hydrogen-bond donors (Lipinski definition) is 1. The Hall–Kier alpha value is -1.73. The van der Waals surface area contributed by atoms with Crippen LogP contribution in [0.25, 0.3) is 0 Å². The van der Waals surface area contributed by atoms with Crippen LogP contribution < -0.4 is 5.32 Å². The molecule has 0 spiro atoms. The molecule has 1 rings (SSSR count). The summed E-state index contributed by atoms with van der Waals surface area (Å²) in [4.78, 5) is 11.5. The smallest absolute Gasteiger partial charge is 0.407 e. The third-order valence-electron chi connectivity index (χ3n) is 2.01. The molecule has 0 aliphatic heterocycles. The Bertz CT molecular complexity index is 487. The van der Waals surface area contributed by atoms with Gasteiger partial charge in [0, 0.05) is 11.6 Å². The Morgan fingerprint density at radius 1 is 1.50 bits per heavy atom. The molecule has 4 nitrogen and oxygen atoms in total. The molecule has 0 aromatic heterocycles. The number of alkyl carbamates (subject to hydrolysis) is 1. The lowest BCUT2D eigenvalue weighted by Crippen LogP contribution is -2.32. The van der Waals surface area contributed by atoms with Gasteiger partial charge in [-0.2, -0.15) is 5.26 Å². The van der Waals surface area contributed by atoms with E-state index >= 15 is 0 Å². The molecule has 0 bridgehead atoms. The zero-order chi connectivity index (χ0) is 13.8. The van der Waals surface area contributed by atoms with Crippen LogP contribution in [0.2, 0.25) is 5.02 Å². The summed E-state index contributed by atoms with van der Waals surface area (Å²) in [5.41, 5.74) is 0.600. The van der Waals surface area contributed by atoms with Gasteiger partial charge in [-0.15, -0.1) is 0 Å². The number of rotatable bonds is 2. The van der Waals surface area contributed by atoms with Crippen molar-refractivity contribution in [2.75, 3.05) is 0 Å². The first-order chi connectivity index (χ1) is 8.31. The van der Waals surface area contributed by atoms with E-state index in [1.807, 2.05) is 6.07 Å². The topological polar surface area (TPSA) is 62.1 Å². The van der Waals surface area contributed by atoms with Crippen molar-refractivity contribution in [2.45, 2.75) is 32.9 Å². The van der Waals surface area contributed by atoms with E-state index in [4.69, 9.17) is 21.6 Å². The van der Waals surface area contributed by atoms with Crippen molar-refractivity contribution >= 4 is 17.7 Å². The van der Waals surface area contributed by atoms with Crippen molar-refractivity contribution in [3.05, 3.63) is 34.3 Å². The van der Waals surface area contributed by atoms with E-state index in [1.54, 1.807) is 39.0 Å². The number of amides is 1. The van der Waals surface area contributed by atoms with Crippen LogP contribution in [0.1, 0.15) is 31.9 Å². The van der Waals surface area contributed by atoms with Crippen molar-refractivity contribution < 1.29 is 9.53 Å². The molecule has 96 valence electrons. The summed E-state index contributed by atoms with van der Waals surface area (Å²) in [5, 5.41) is 12.0. The Balaban J connectivity index is 2.67. The number of nitrogens with zero attached hydrogens (tertiary/aromatic N) is 1. The molecule has 5 heteroatoms. The number of nitrogens with one attached hydrogen (secondary N) is 1. The van der Waals surface area contributed by atoms with Crippen LogP contribution in [0.15, 0.2) is 18.2 Å². The summed E-state index contributed by atoms with van der Waals surface area (Å²) >= 11 is 5.84. The van der Waals surface area contributed by atoms with Gasteiger partial charge >= 0.3 is 6.09 Å². The summed E-state index contributed by atoms with van der Waals surface area (Å²) in [7, 11) is 0. The minimum absolute atomic E-state index is 0.207. The van der Waals surface area contributed by atoms with E-state index in [-0.39, 0.29) is 6.54 Å². The second-order valence-electron chi connectivity index (χ2n) is 4.77. The fourth-order valence-corrected chi connectivity index (χ4v) is 1.49. The van der Waals surface area contributed by atoms with E-state index in [1.165, 1.54) is 0 Å². The molecule has 0 fully saturated rings. The highest BCUT2D eigenvalue weighted by atomic mass is 35.5. The Morgan fingerprint density at radius 2 is 2.17 bits per heavy atom. The van der Waals surface area contributed by atoms with Crippen molar-refractivity contribution in [2.24, 2.45) is 0 Å². The van der Waals surface area contributed by atoms with Gasteiger partial charge in [-0.05, 0) is 44.5 Å². The van der Waals surface area contributed by atoms with Gasteiger partial charge in [0.15, 0.2) is 0 Å². The summed E-state index contributed by atoms with van der Waals surface area (Å²) in [5.74, 6) is 0. The highest BCUT2D eigenvalue weighted by Gasteiger charge is 2.16. The van der Waals surface area contributed by atoms with Gasteiger partial charge in [-0.25, -0.2) is 4.79 Å². The van der Waals surface area contributed by atoms with Crippen LogP contribution in [0.5, 0.6) is 0 Å². The van der Waals surface area contributed by atoms with Crippen LogP contribution in [0.4, 0.5) is 4.79 Å². The highest BCUT2D eigenvalue weighted by Crippen LogP contribution is 2.15. The molecule has 0 aliphatic rings. The van der Waals surface area contributed by atoms with Gasteiger partial charge in [0.1, 0.15) is 5.60 Å². The number of nitriles is 1. The van der Waals surface area contributed by atoms with Gasteiger partial charge in [0.05, 0.1) is 11.6 Å². The van der Waals surface area contributed by atoms with Crippen LogP contribution in [-0.2, 0) is 11.3 Å². The van der Waals surface area contributed by atoms with Crippen LogP contribution in [0.3, 0.4) is 0 Å². The number of carbonyl (C=O) groups excluding carboxylic acids is 1. The van der Waals surface area contributed by atoms with Crippen molar-refractivity contribution in [1.82, 2.24) is 5.32 Å². The number of ether oxygens (including phenoxy) is 1. The summed E-state index contributed by atoms with van der Waals surface area (Å²) in [6, 6.07) is 6.95. The number of benzene rings is 1. The average molecular weight is 267 g/mol. The summed E-state index contributed by atoms with van der Waals surface area (Å²) in [6.07, 6.45) is -0.522. The van der Waals surface area contributed by atoms with E-state index < -0.39 is 11.7 Å². The molecule has 0 heterocycles. The number of hydrogen-bond acceptors (Lipinski definition) is 3. The Morgan fingerprint density at radius 3 is 2.72 bits per heavy atom. The van der Waals surface area contributed by atoms with Gasteiger partial charge < -0.3 is 10.1 Å². The lowest BCUT2D eigenvalue weighted by Gasteiger charge is -2.19. The fraction of sp³-hybridized carbons (Fsp3) is 0.385. The van der Waals surface area contributed by atoms with Crippen molar-refractivity contribution in [3.63, 3.8) is 0 Å². The molecule has 0 radical (unpaired) electrons. The molecule has 1 amide bonds. The maximum Gasteiger partial charge on any atom is 0.407 e. The zero-order valence-corrected chi connectivity index (χ0v) is 11.3. The number of halogens is 1. The maximum atomic E-state index is 11.5. The molecular formula is C13H15ClN2O2. The van der Waals surface area contributed by atoms with Crippen LogP contribution >= 0.6 is 11.6 Å². The SMILES string of the molecule is CC(C)(C)OC(=O)NCc1cc(Cl)ccc1C#N. The summed E-state index contributed by atoms with van der Waals surface area (Å²) < 4.78 is 5.10. The molecule has 0 saturated carbocycles. The molecule has 0 saturated heterocycles. The predicted octanol–water partition coefficient (Wildman–Crippen LogP) is 3.24. The molecule has 1 aromatic rings. The van der Waals surface area contributed by atoms with Gasteiger partial charge in [0.2, 0.25) is 0 Å². The second kappa shape index (κ2) is 5.74. The zero-order valence-electron chi connectivity index (χ0n) is 10.6. The van der Waals surface area contributed by atoms with E-state index in [0.717, 1.165) is 0 Å². The second-order valence-corrected chi connectivity index (χ2v) is 5.21. The fourth-order valence-electron chi connectivity index (χ4n) is 1.30. The van der Waals surface area contributed by atoms with Gasteiger partial charge in [0.25, 0.3) is 0 Å². The Labute approximate surface area is 112 Å². The van der Waals surface area contributed by atoms with E-state index in [0.29, 0.717) is 16.1 Å². The first kappa shape index (κ1) is 14.3. The minimum atomic E-state index is -0.545. The minimum Gasteiger partial charge on any atom is -0.444 e. The first-order valence-electron chi connectivity index (χ1n) is 5.47. The Kier molecular flexibility index (Phi) is 4.57. The van der Waals surface area contributed by atoms with E-state index in [9.17, 15) is 4.79 Å². The molecule has 1 aromatic carbocycles. The molecule has 0 aliphatic carbocycles. The highest BCUT2D eigenvalue weighted by molar-refractivity contribution is 6.30. The van der Waals surface area contributed by atoms with Crippen molar-refractivity contribution in [3.8, 4) is 6.07 Å². The maximum absolute atomic E-state index is 11.5. The predicted molar refractivity (Wildman–Crippen MR) is 69.2 cm³/mol. The molecule has 1 N–H and O–H groups in total. The number of carbonyl (C=O) groups is 1. The lowest BCUT2D eigenvalue weighted by atomic mass is 10.1. The third kappa shape index (κ3) is 4.64. The van der Waals surface area contributed by atoms with Crippen molar-refractivity contribution in [1.29, 1.82) is 5.26 Å². The molecule has 0 unspecified atom stereocenters. The normalized spacial score (nSPS) is 10.6.